The molecule has 7 nitrogen and oxygen atoms in total. The summed E-state index contributed by atoms with van der Waals surface area (Å²) in [6.45, 7) is 7.79. The number of hydrogen-bond donors (Lipinski definition) is 2. The first-order valence-corrected chi connectivity index (χ1v) is 8.33. The Bertz CT molecular complexity index is 768. The lowest BCUT2D eigenvalue weighted by molar-refractivity contribution is 0.297. The summed E-state index contributed by atoms with van der Waals surface area (Å²) in [5.41, 5.74) is 6.66. The standard InChI is InChI=1S/C18H24N4O3.HI/c1-18(2,3)15-10-20-16(25-15)11-21-17(19)22-12-5-6-13-14(9-12)24-8-4-7-23-13;/h5-6,9-10H,4,7-8,11H2,1-3H3,(H3,19,21,22);1H. The van der Waals surface area contributed by atoms with Gasteiger partial charge in [0, 0.05) is 23.6 Å². The first-order valence-electron chi connectivity index (χ1n) is 8.33. The van der Waals surface area contributed by atoms with E-state index in [-0.39, 0.29) is 41.9 Å². The van der Waals surface area contributed by atoms with E-state index >= 15 is 0 Å². The number of halogens is 1. The van der Waals surface area contributed by atoms with Crippen molar-refractivity contribution >= 4 is 35.6 Å². The topological polar surface area (TPSA) is 94.9 Å². The lowest BCUT2D eigenvalue weighted by Crippen LogP contribution is -2.22. The predicted octanol–water partition coefficient (Wildman–Crippen LogP) is 3.68. The smallest absolute Gasteiger partial charge is 0.216 e. The zero-order chi connectivity index (χ0) is 17.9. The summed E-state index contributed by atoms with van der Waals surface area (Å²) in [5, 5.41) is 3.04. The fraction of sp³-hybridized carbons (Fsp3) is 0.444. The molecule has 0 atom stereocenters. The zero-order valence-electron chi connectivity index (χ0n) is 15.2. The number of rotatable bonds is 3. The molecule has 3 rings (SSSR count). The van der Waals surface area contributed by atoms with Crippen molar-refractivity contribution in [3.8, 4) is 11.5 Å². The highest BCUT2D eigenvalue weighted by atomic mass is 127. The number of nitrogens with one attached hydrogen (secondary N) is 1. The van der Waals surface area contributed by atoms with E-state index in [1.54, 1.807) is 6.20 Å². The largest absolute Gasteiger partial charge is 0.490 e. The third kappa shape index (κ3) is 5.26. The Labute approximate surface area is 170 Å². The van der Waals surface area contributed by atoms with E-state index in [1.165, 1.54) is 0 Å². The first-order chi connectivity index (χ1) is 11.9. The van der Waals surface area contributed by atoms with Crippen molar-refractivity contribution < 1.29 is 13.9 Å². The summed E-state index contributed by atoms with van der Waals surface area (Å²) in [6.07, 6.45) is 2.60. The van der Waals surface area contributed by atoms with Crippen LogP contribution in [-0.2, 0) is 12.0 Å². The molecule has 1 aliphatic heterocycles. The Morgan fingerprint density at radius 2 is 1.96 bits per heavy atom. The number of benzene rings is 1. The molecule has 3 N–H and O–H groups in total. The Kier molecular flexibility index (Phi) is 6.74. The first kappa shape index (κ1) is 20.3. The predicted molar refractivity (Wildman–Crippen MR) is 112 cm³/mol. The van der Waals surface area contributed by atoms with Gasteiger partial charge in [-0.15, -0.1) is 24.0 Å². The number of aliphatic imine (C=N–C) groups is 1. The minimum atomic E-state index is -0.0807. The molecule has 0 aliphatic carbocycles. The Hall–Kier alpha value is -1.97. The fourth-order valence-corrected chi connectivity index (χ4v) is 2.31. The summed E-state index contributed by atoms with van der Waals surface area (Å²) in [6, 6.07) is 5.59. The maximum Gasteiger partial charge on any atom is 0.216 e. The molecule has 0 bridgehead atoms. The zero-order valence-corrected chi connectivity index (χ0v) is 17.6. The second kappa shape index (κ2) is 8.61. The van der Waals surface area contributed by atoms with E-state index in [1.807, 2.05) is 18.2 Å². The van der Waals surface area contributed by atoms with Crippen molar-refractivity contribution in [1.29, 1.82) is 0 Å². The molecule has 0 unspecified atom stereocenters. The molecule has 0 spiro atoms. The van der Waals surface area contributed by atoms with Crippen molar-refractivity contribution in [2.75, 3.05) is 18.5 Å². The van der Waals surface area contributed by atoms with E-state index in [4.69, 9.17) is 19.6 Å². The van der Waals surface area contributed by atoms with Crippen molar-refractivity contribution in [3.63, 3.8) is 0 Å². The van der Waals surface area contributed by atoms with Crippen LogP contribution in [0.4, 0.5) is 5.69 Å². The Balaban J connectivity index is 0.00000243. The van der Waals surface area contributed by atoms with E-state index in [2.05, 4.69) is 36.1 Å². The second-order valence-corrected chi connectivity index (χ2v) is 6.91. The van der Waals surface area contributed by atoms with Gasteiger partial charge in [0.25, 0.3) is 0 Å². The van der Waals surface area contributed by atoms with E-state index in [9.17, 15) is 0 Å². The molecule has 1 aromatic heterocycles. The monoisotopic (exact) mass is 472 g/mol. The molecule has 0 saturated heterocycles. The number of anilines is 1. The van der Waals surface area contributed by atoms with Crippen molar-refractivity contribution in [2.24, 2.45) is 10.7 Å². The SMILES string of the molecule is CC(C)(C)c1cnc(CN=C(N)Nc2ccc3c(c2)OCCCO3)o1.I. The van der Waals surface area contributed by atoms with Crippen LogP contribution in [0.25, 0.3) is 0 Å². The number of fused-ring (bicyclic) bond motifs is 1. The molecule has 0 amide bonds. The molecule has 0 radical (unpaired) electrons. The molecular formula is C18H25IN4O3. The van der Waals surface area contributed by atoms with Crippen LogP contribution in [0.2, 0.25) is 0 Å². The van der Waals surface area contributed by atoms with Gasteiger partial charge in [-0.3, -0.25) is 0 Å². The summed E-state index contributed by atoms with van der Waals surface area (Å²) >= 11 is 0. The van der Waals surface area contributed by atoms with Crippen LogP contribution in [0.1, 0.15) is 38.8 Å². The molecule has 1 aromatic carbocycles. The maximum absolute atomic E-state index is 5.95. The minimum Gasteiger partial charge on any atom is -0.490 e. The highest BCUT2D eigenvalue weighted by molar-refractivity contribution is 14.0. The van der Waals surface area contributed by atoms with E-state index < -0.39 is 0 Å². The van der Waals surface area contributed by atoms with Crippen molar-refractivity contribution in [2.45, 2.75) is 39.2 Å². The van der Waals surface area contributed by atoms with Gasteiger partial charge in [0.1, 0.15) is 12.3 Å². The van der Waals surface area contributed by atoms with Gasteiger partial charge in [-0.05, 0) is 12.1 Å². The number of ether oxygens (including phenoxy) is 2. The normalized spacial score (nSPS) is 14.3. The number of aromatic nitrogens is 1. The van der Waals surface area contributed by atoms with Crippen molar-refractivity contribution in [3.05, 3.63) is 36.0 Å². The number of oxazole rings is 1. The Morgan fingerprint density at radius 1 is 1.23 bits per heavy atom. The average Bonchev–Trinajstić information content (AvgIpc) is 2.92. The number of nitrogens with zero attached hydrogens (tertiary/aromatic N) is 2. The molecule has 26 heavy (non-hydrogen) atoms. The van der Waals surface area contributed by atoms with Gasteiger partial charge >= 0.3 is 0 Å². The van der Waals surface area contributed by atoms with Gasteiger partial charge in [-0.25, -0.2) is 9.98 Å². The molecule has 1 aliphatic rings. The van der Waals surface area contributed by atoms with Crippen LogP contribution >= 0.6 is 24.0 Å². The molecule has 8 heteroatoms. The van der Waals surface area contributed by atoms with E-state index in [0.29, 0.717) is 24.9 Å². The summed E-state index contributed by atoms with van der Waals surface area (Å²) in [5.74, 6) is 3.09. The maximum atomic E-state index is 5.95. The van der Waals surface area contributed by atoms with E-state index in [0.717, 1.165) is 23.6 Å². The van der Waals surface area contributed by atoms with Gasteiger partial charge in [-0.1, -0.05) is 20.8 Å². The molecule has 0 saturated carbocycles. The van der Waals surface area contributed by atoms with Gasteiger partial charge in [0.05, 0.1) is 19.4 Å². The third-order valence-corrected chi connectivity index (χ3v) is 3.70. The highest BCUT2D eigenvalue weighted by Crippen LogP contribution is 2.32. The van der Waals surface area contributed by atoms with Crippen LogP contribution in [-0.4, -0.2) is 24.2 Å². The Morgan fingerprint density at radius 3 is 2.65 bits per heavy atom. The van der Waals surface area contributed by atoms with Gasteiger partial charge in [0.15, 0.2) is 17.5 Å². The lowest BCUT2D eigenvalue weighted by atomic mass is 9.94. The van der Waals surface area contributed by atoms with Crippen molar-refractivity contribution in [1.82, 2.24) is 4.98 Å². The fourth-order valence-electron chi connectivity index (χ4n) is 2.31. The molecule has 142 valence electrons. The van der Waals surface area contributed by atoms with Crippen LogP contribution in [0.15, 0.2) is 33.8 Å². The molecule has 0 fully saturated rings. The summed E-state index contributed by atoms with van der Waals surface area (Å²) in [4.78, 5) is 8.51. The third-order valence-electron chi connectivity index (χ3n) is 3.70. The molecule has 2 aromatic rings. The second-order valence-electron chi connectivity index (χ2n) is 6.91. The highest BCUT2D eigenvalue weighted by Gasteiger charge is 2.19. The number of nitrogens with two attached hydrogens (primary N) is 1. The molecule has 2 heterocycles. The number of hydrogen-bond acceptors (Lipinski definition) is 5. The summed E-state index contributed by atoms with van der Waals surface area (Å²) in [7, 11) is 0. The quantitative estimate of drug-likeness (QED) is 0.402. The lowest BCUT2D eigenvalue weighted by Gasteiger charge is -2.13. The van der Waals surface area contributed by atoms with Crippen LogP contribution < -0.4 is 20.5 Å². The van der Waals surface area contributed by atoms with Crippen LogP contribution in [0.5, 0.6) is 11.5 Å². The molecular weight excluding hydrogens is 447 g/mol. The van der Waals surface area contributed by atoms with Gasteiger partial charge in [-0.2, -0.15) is 0 Å². The number of guanidine groups is 1. The van der Waals surface area contributed by atoms with Gasteiger partial charge in [0.2, 0.25) is 5.89 Å². The van der Waals surface area contributed by atoms with Crippen LogP contribution in [0, 0.1) is 0 Å². The average molecular weight is 472 g/mol. The van der Waals surface area contributed by atoms with Gasteiger partial charge < -0.3 is 24.9 Å². The summed E-state index contributed by atoms with van der Waals surface area (Å²) < 4.78 is 17.0. The van der Waals surface area contributed by atoms with Crippen LogP contribution in [0.3, 0.4) is 0 Å². The minimum absolute atomic E-state index is 0.